The normalized spacial score (nSPS) is 12.7. The van der Waals surface area contributed by atoms with Gasteiger partial charge in [-0.15, -0.1) is 0 Å². The van der Waals surface area contributed by atoms with Gasteiger partial charge in [0.05, 0.1) is 10.5 Å². The number of nitrogens with two attached hydrogens (primary N) is 1. The van der Waals surface area contributed by atoms with Gasteiger partial charge in [0, 0.05) is 23.3 Å². The van der Waals surface area contributed by atoms with Crippen molar-refractivity contribution in [1.29, 1.82) is 0 Å². The van der Waals surface area contributed by atoms with Gasteiger partial charge in [-0.3, -0.25) is 0 Å². The number of ether oxygens (including phenoxy) is 1. The molecule has 114 valence electrons. The maximum absolute atomic E-state index is 12.3. The number of nitrogens with one attached hydrogen (secondary N) is 1. The lowest BCUT2D eigenvalue weighted by molar-refractivity contribution is -0.00515. The Labute approximate surface area is 129 Å². The fourth-order valence-corrected chi connectivity index (χ4v) is 3.66. The van der Waals surface area contributed by atoms with Crippen molar-refractivity contribution in [3.63, 3.8) is 0 Å². The van der Waals surface area contributed by atoms with Gasteiger partial charge in [0.15, 0.2) is 0 Å². The predicted octanol–water partition coefficient (Wildman–Crippen LogP) is 2.43. The van der Waals surface area contributed by atoms with Crippen molar-refractivity contribution in [2.24, 2.45) is 0 Å². The van der Waals surface area contributed by atoms with Crippen LogP contribution in [0.25, 0.3) is 0 Å². The molecule has 0 spiro atoms. The second-order valence-electron chi connectivity index (χ2n) is 5.16. The van der Waals surface area contributed by atoms with Crippen LogP contribution in [-0.4, -0.2) is 27.2 Å². The summed E-state index contributed by atoms with van der Waals surface area (Å²) in [6.07, 6.45) is 0. The van der Waals surface area contributed by atoms with Crippen LogP contribution in [0.4, 0.5) is 5.69 Å². The second-order valence-corrected chi connectivity index (χ2v) is 7.75. The Hall–Kier alpha value is -0.630. The lowest BCUT2D eigenvalue weighted by Gasteiger charge is -2.25. The molecule has 0 saturated carbocycles. The molecule has 0 aliphatic heterocycles. The van der Waals surface area contributed by atoms with Crippen LogP contribution in [0.2, 0.25) is 0 Å². The Kier molecular flexibility index (Phi) is 5.60. The molecule has 0 amide bonds. The monoisotopic (exact) mass is 364 g/mol. The summed E-state index contributed by atoms with van der Waals surface area (Å²) >= 11 is 3.28. The molecular formula is C13H21BrN2O3S. The van der Waals surface area contributed by atoms with E-state index in [0.717, 1.165) is 0 Å². The van der Waals surface area contributed by atoms with E-state index in [1.807, 2.05) is 20.8 Å². The van der Waals surface area contributed by atoms with Crippen LogP contribution in [0, 0.1) is 6.92 Å². The van der Waals surface area contributed by atoms with Crippen LogP contribution in [0.5, 0.6) is 0 Å². The molecule has 1 aromatic rings. The van der Waals surface area contributed by atoms with E-state index in [4.69, 9.17) is 10.5 Å². The SMILES string of the molecule is CCOC(C)(C)CNS(=O)(=O)c1cc(N)c(Br)cc1C. The highest BCUT2D eigenvalue weighted by atomic mass is 79.9. The molecule has 1 rings (SSSR count). The van der Waals surface area contributed by atoms with Crippen molar-refractivity contribution in [2.45, 2.75) is 38.2 Å². The summed E-state index contributed by atoms with van der Waals surface area (Å²) in [5.74, 6) is 0. The van der Waals surface area contributed by atoms with E-state index in [1.165, 1.54) is 6.07 Å². The molecule has 5 nitrogen and oxygen atoms in total. The first-order chi connectivity index (χ1) is 9.09. The summed E-state index contributed by atoms with van der Waals surface area (Å²) in [6.45, 7) is 7.99. The molecule has 0 aliphatic carbocycles. The van der Waals surface area contributed by atoms with E-state index in [2.05, 4.69) is 20.7 Å². The fraction of sp³-hybridized carbons (Fsp3) is 0.538. The van der Waals surface area contributed by atoms with Gasteiger partial charge in [0.1, 0.15) is 0 Å². The largest absolute Gasteiger partial charge is 0.398 e. The maximum atomic E-state index is 12.3. The average molecular weight is 365 g/mol. The lowest BCUT2D eigenvalue weighted by atomic mass is 10.1. The van der Waals surface area contributed by atoms with Crippen molar-refractivity contribution in [3.8, 4) is 0 Å². The molecule has 0 atom stereocenters. The molecule has 0 aliphatic rings. The number of nitrogen functional groups attached to an aromatic ring is 1. The molecule has 0 bridgehead atoms. The first-order valence-corrected chi connectivity index (χ1v) is 8.56. The number of rotatable bonds is 6. The molecule has 0 fully saturated rings. The Balaban J connectivity index is 2.98. The minimum Gasteiger partial charge on any atom is -0.398 e. The van der Waals surface area contributed by atoms with Gasteiger partial charge in [-0.25, -0.2) is 13.1 Å². The zero-order valence-electron chi connectivity index (χ0n) is 12.2. The standard InChI is InChI=1S/C13H21BrN2O3S/c1-5-19-13(3,4)8-16-20(17,18)12-7-11(15)10(14)6-9(12)2/h6-7,16H,5,8,15H2,1-4H3. The number of hydrogen-bond acceptors (Lipinski definition) is 4. The minimum atomic E-state index is -3.61. The number of hydrogen-bond donors (Lipinski definition) is 2. The number of halogens is 1. The topological polar surface area (TPSA) is 81.4 Å². The summed E-state index contributed by atoms with van der Waals surface area (Å²) in [6, 6.07) is 3.15. The number of anilines is 1. The molecule has 0 heterocycles. The van der Waals surface area contributed by atoms with Crippen LogP contribution in [-0.2, 0) is 14.8 Å². The lowest BCUT2D eigenvalue weighted by Crippen LogP contribution is -2.40. The van der Waals surface area contributed by atoms with E-state index in [1.54, 1.807) is 13.0 Å². The molecular weight excluding hydrogens is 344 g/mol. The van der Waals surface area contributed by atoms with Gasteiger partial charge in [0.25, 0.3) is 0 Å². The van der Waals surface area contributed by atoms with Gasteiger partial charge >= 0.3 is 0 Å². The third-order valence-corrected chi connectivity index (χ3v) is 5.04. The van der Waals surface area contributed by atoms with Crippen molar-refractivity contribution in [1.82, 2.24) is 4.72 Å². The highest BCUT2D eigenvalue weighted by molar-refractivity contribution is 9.10. The number of benzene rings is 1. The van der Waals surface area contributed by atoms with Crippen molar-refractivity contribution in [3.05, 3.63) is 22.2 Å². The molecule has 3 N–H and O–H groups in total. The first kappa shape index (κ1) is 17.4. The zero-order chi connectivity index (χ0) is 15.6. The van der Waals surface area contributed by atoms with Crippen LogP contribution in [0.15, 0.2) is 21.5 Å². The Morgan fingerprint density at radius 3 is 2.55 bits per heavy atom. The summed E-state index contributed by atoms with van der Waals surface area (Å²) in [4.78, 5) is 0.186. The van der Waals surface area contributed by atoms with Crippen LogP contribution in [0.3, 0.4) is 0 Å². The molecule has 0 unspecified atom stereocenters. The summed E-state index contributed by atoms with van der Waals surface area (Å²) < 4.78 is 33.4. The van der Waals surface area contributed by atoms with Crippen LogP contribution in [0.1, 0.15) is 26.3 Å². The molecule has 0 saturated heterocycles. The fourth-order valence-electron chi connectivity index (χ4n) is 1.75. The van der Waals surface area contributed by atoms with E-state index < -0.39 is 15.6 Å². The molecule has 20 heavy (non-hydrogen) atoms. The maximum Gasteiger partial charge on any atom is 0.241 e. The number of sulfonamides is 1. The van der Waals surface area contributed by atoms with E-state index in [-0.39, 0.29) is 11.4 Å². The van der Waals surface area contributed by atoms with Crippen LogP contribution < -0.4 is 10.5 Å². The number of aryl methyl sites for hydroxylation is 1. The highest BCUT2D eigenvalue weighted by Gasteiger charge is 2.24. The summed E-state index contributed by atoms with van der Waals surface area (Å²) in [5, 5.41) is 0. The molecule has 0 aromatic heterocycles. The van der Waals surface area contributed by atoms with Gasteiger partial charge in [0.2, 0.25) is 10.0 Å². The third kappa shape index (κ3) is 4.44. The molecule has 1 aromatic carbocycles. The highest BCUT2D eigenvalue weighted by Crippen LogP contribution is 2.26. The van der Waals surface area contributed by atoms with Gasteiger partial charge < -0.3 is 10.5 Å². The summed E-state index contributed by atoms with van der Waals surface area (Å²) in [5.41, 5.74) is 6.21. The van der Waals surface area contributed by atoms with E-state index >= 15 is 0 Å². The van der Waals surface area contributed by atoms with Crippen molar-refractivity contribution < 1.29 is 13.2 Å². The first-order valence-electron chi connectivity index (χ1n) is 6.28. The van der Waals surface area contributed by atoms with Gasteiger partial charge in [-0.2, -0.15) is 0 Å². The van der Waals surface area contributed by atoms with Crippen molar-refractivity contribution >= 4 is 31.6 Å². The van der Waals surface area contributed by atoms with Crippen LogP contribution >= 0.6 is 15.9 Å². The van der Waals surface area contributed by atoms with Gasteiger partial charge in [-0.1, -0.05) is 0 Å². The quantitative estimate of drug-likeness (QED) is 0.759. The Morgan fingerprint density at radius 1 is 1.40 bits per heavy atom. The summed E-state index contributed by atoms with van der Waals surface area (Å²) in [7, 11) is -3.61. The predicted molar refractivity (Wildman–Crippen MR) is 84.2 cm³/mol. The van der Waals surface area contributed by atoms with Gasteiger partial charge in [-0.05, 0) is 61.3 Å². The van der Waals surface area contributed by atoms with E-state index in [9.17, 15) is 8.42 Å². The van der Waals surface area contributed by atoms with E-state index in [0.29, 0.717) is 22.3 Å². The average Bonchev–Trinajstić information content (AvgIpc) is 2.31. The molecule has 0 radical (unpaired) electrons. The smallest absolute Gasteiger partial charge is 0.241 e. The zero-order valence-corrected chi connectivity index (χ0v) is 14.6. The third-order valence-electron chi connectivity index (χ3n) is 2.81. The Bertz CT molecular complexity index is 586. The second kappa shape index (κ2) is 6.43. The molecule has 7 heteroatoms. The van der Waals surface area contributed by atoms with Crippen molar-refractivity contribution in [2.75, 3.05) is 18.9 Å². The minimum absolute atomic E-state index is 0.186. The Morgan fingerprint density at radius 2 is 2.00 bits per heavy atom.